The maximum Gasteiger partial charge on any atom is 0.254 e. The highest BCUT2D eigenvalue weighted by molar-refractivity contribution is 5.94. The Morgan fingerprint density at radius 2 is 1.79 bits per heavy atom. The molecule has 1 spiro atoms. The molecule has 1 atom stereocenters. The van der Waals surface area contributed by atoms with Gasteiger partial charge in [-0.15, -0.1) is 0 Å². The summed E-state index contributed by atoms with van der Waals surface area (Å²) >= 11 is 0. The van der Waals surface area contributed by atoms with Crippen LogP contribution in [0.4, 0.5) is 8.78 Å². The second-order valence-corrected chi connectivity index (χ2v) is 7.73. The largest absolute Gasteiger partial charge is 0.338 e. The summed E-state index contributed by atoms with van der Waals surface area (Å²) in [5.41, 5.74) is 0.285. The molecule has 0 bridgehead atoms. The van der Waals surface area contributed by atoms with Crippen molar-refractivity contribution < 1.29 is 13.6 Å². The van der Waals surface area contributed by atoms with Gasteiger partial charge in [0.05, 0.1) is 0 Å². The Morgan fingerprint density at radius 3 is 2.38 bits per heavy atom. The van der Waals surface area contributed by atoms with Crippen LogP contribution in [0, 0.1) is 23.0 Å². The Morgan fingerprint density at radius 1 is 1.17 bits per heavy atom. The summed E-state index contributed by atoms with van der Waals surface area (Å²) in [5, 5.41) is 0. The molecule has 2 fully saturated rings. The van der Waals surface area contributed by atoms with E-state index in [0.29, 0.717) is 19.0 Å². The van der Waals surface area contributed by atoms with Crippen molar-refractivity contribution in [3.05, 3.63) is 35.4 Å². The van der Waals surface area contributed by atoms with Gasteiger partial charge in [-0.25, -0.2) is 8.78 Å². The average Bonchev–Trinajstić information content (AvgIpc) is 2.84. The lowest BCUT2D eigenvalue weighted by Gasteiger charge is -2.39. The molecule has 0 aromatic heterocycles. The Hall–Kier alpha value is -1.49. The molecule has 1 saturated heterocycles. The third-order valence-electron chi connectivity index (χ3n) is 5.64. The van der Waals surface area contributed by atoms with E-state index in [0.717, 1.165) is 37.6 Å². The van der Waals surface area contributed by atoms with Crippen LogP contribution in [0.1, 0.15) is 42.5 Å². The van der Waals surface area contributed by atoms with E-state index in [1.54, 1.807) is 0 Å². The molecule has 3 nitrogen and oxygen atoms in total. The monoisotopic (exact) mass is 336 g/mol. The van der Waals surface area contributed by atoms with Crippen molar-refractivity contribution >= 4 is 5.91 Å². The molecule has 1 heterocycles. The molecule has 1 aromatic carbocycles. The number of carbonyl (C=O) groups is 1. The fraction of sp³-hybridized carbons (Fsp3) is 0.632. The van der Waals surface area contributed by atoms with Gasteiger partial charge in [-0.3, -0.25) is 4.79 Å². The molecule has 3 rings (SSSR count). The highest BCUT2D eigenvalue weighted by atomic mass is 19.1. The van der Waals surface area contributed by atoms with Gasteiger partial charge in [0.2, 0.25) is 0 Å². The molecule has 0 N–H and O–H groups in total. The number of hydrogen-bond acceptors (Lipinski definition) is 2. The van der Waals surface area contributed by atoms with E-state index in [2.05, 4.69) is 19.0 Å². The first-order valence-electron chi connectivity index (χ1n) is 8.80. The normalized spacial score (nSPS) is 23.2. The van der Waals surface area contributed by atoms with Crippen LogP contribution in [-0.2, 0) is 0 Å². The van der Waals surface area contributed by atoms with E-state index in [1.165, 1.54) is 19.3 Å². The van der Waals surface area contributed by atoms with E-state index in [1.807, 2.05) is 4.90 Å². The summed E-state index contributed by atoms with van der Waals surface area (Å²) in [4.78, 5) is 16.8. The first-order chi connectivity index (χ1) is 11.4. The summed E-state index contributed by atoms with van der Waals surface area (Å²) < 4.78 is 26.9. The number of halogens is 2. The third-order valence-corrected chi connectivity index (χ3v) is 5.64. The zero-order chi connectivity index (χ0) is 17.3. The van der Waals surface area contributed by atoms with Crippen molar-refractivity contribution in [1.29, 1.82) is 0 Å². The summed E-state index contributed by atoms with van der Waals surface area (Å²) in [7, 11) is 4.12. The van der Waals surface area contributed by atoms with Crippen LogP contribution in [0.3, 0.4) is 0 Å². The van der Waals surface area contributed by atoms with Crippen LogP contribution >= 0.6 is 0 Å². The van der Waals surface area contributed by atoms with Gasteiger partial charge in [-0.1, -0.05) is 19.3 Å². The van der Waals surface area contributed by atoms with Crippen LogP contribution in [0.5, 0.6) is 0 Å². The van der Waals surface area contributed by atoms with Crippen LogP contribution in [0.25, 0.3) is 0 Å². The quantitative estimate of drug-likeness (QED) is 0.843. The molecule has 1 aromatic rings. The number of nitrogens with zero attached hydrogens (tertiary/aromatic N) is 2. The highest BCUT2D eigenvalue weighted by Crippen LogP contribution is 2.48. The minimum absolute atomic E-state index is 0.115. The SMILES string of the molecule is CN(C)CC1CN(C(=O)c2cc(F)cc(F)c2)CC12CCCCC2. The van der Waals surface area contributed by atoms with Crippen molar-refractivity contribution in [2.24, 2.45) is 11.3 Å². The molecule has 2 aliphatic rings. The molecular formula is C19H26F2N2O. The Kier molecular flexibility index (Phi) is 4.90. The van der Waals surface area contributed by atoms with Crippen molar-refractivity contribution in [1.82, 2.24) is 9.80 Å². The second-order valence-electron chi connectivity index (χ2n) is 7.73. The minimum Gasteiger partial charge on any atom is -0.338 e. The van der Waals surface area contributed by atoms with Gasteiger partial charge >= 0.3 is 0 Å². The Labute approximate surface area is 142 Å². The molecule has 132 valence electrons. The van der Waals surface area contributed by atoms with E-state index in [-0.39, 0.29) is 16.9 Å². The van der Waals surface area contributed by atoms with Gasteiger partial charge in [-0.05, 0) is 50.4 Å². The summed E-state index contributed by atoms with van der Waals surface area (Å²) in [6.07, 6.45) is 5.97. The highest BCUT2D eigenvalue weighted by Gasteiger charge is 2.48. The molecular weight excluding hydrogens is 310 g/mol. The molecule has 1 aliphatic heterocycles. The van der Waals surface area contributed by atoms with E-state index < -0.39 is 11.6 Å². The average molecular weight is 336 g/mol. The number of amides is 1. The number of benzene rings is 1. The molecule has 24 heavy (non-hydrogen) atoms. The lowest BCUT2D eigenvalue weighted by molar-refractivity contribution is 0.0754. The smallest absolute Gasteiger partial charge is 0.254 e. The first-order valence-corrected chi connectivity index (χ1v) is 8.80. The molecule has 1 saturated carbocycles. The fourth-order valence-corrected chi connectivity index (χ4v) is 4.56. The number of likely N-dealkylation sites (tertiary alicyclic amines) is 1. The predicted octanol–water partition coefficient (Wildman–Crippen LogP) is 3.55. The van der Waals surface area contributed by atoms with Gasteiger partial charge in [0.1, 0.15) is 11.6 Å². The lowest BCUT2D eigenvalue weighted by atomic mass is 9.67. The lowest BCUT2D eigenvalue weighted by Crippen LogP contribution is -2.38. The van der Waals surface area contributed by atoms with Gasteiger partial charge in [0, 0.05) is 31.3 Å². The second kappa shape index (κ2) is 6.79. The van der Waals surface area contributed by atoms with Gasteiger partial charge in [-0.2, -0.15) is 0 Å². The number of rotatable bonds is 3. The molecule has 1 aliphatic carbocycles. The fourth-order valence-electron chi connectivity index (χ4n) is 4.56. The zero-order valence-corrected chi connectivity index (χ0v) is 14.5. The van der Waals surface area contributed by atoms with E-state index in [9.17, 15) is 13.6 Å². The van der Waals surface area contributed by atoms with Crippen LogP contribution in [-0.4, -0.2) is 49.4 Å². The van der Waals surface area contributed by atoms with Crippen LogP contribution in [0.15, 0.2) is 18.2 Å². The Balaban J connectivity index is 1.82. The van der Waals surface area contributed by atoms with Crippen LogP contribution in [0.2, 0.25) is 0 Å². The van der Waals surface area contributed by atoms with Gasteiger partial charge in [0.15, 0.2) is 0 Å². The summed E-state index contributed by atoms with van der Waals surface area (Å²) in [5.74, 6) is -1.22. The molecule has 5 heteroatoms. The Bertz CT molecular complexity index is 591. The zero-order valence-electron chi connectivity index (χ0n) is 14.5. The first kappa shape index (κ1) is 17.3. The molecule has 1 amide bonds. The standard InChI is InChI=1S/C19H26F2N2O/c1-22(2)11-15-12-23(13-19(15)6-4-3-5-7-19)18(24)14-8-16(20)10-17(21)9-14/h8-10,15H,3-7,11-13H2,1-2H3. The van der Waals surface area contributed by atoms with Gasteiger partial charge < -0.3 is 9.80 Å². The number of carbonyl (C=O) groups excluding carboxylic acids is 1. The van der Waals surface area contributed by atoms with E-state index >= 15 is 0 Å². The van der Waals surface area contributed by atoms with Crippen molar-refractivity contribution in [2.45, 2.75) is 32.1 Å². The maximum absolute atomic E-state index is 13.5. The third kappa shape index (κ3) is 3.46. The van der Waals surface area contributed by atoms with E-state index in [4.69, 9.17) is 0 Å². The van der Waals surface area contributed by atoms with Crippen molar-refractivity contribution in [3.63, 3.8) is 0 Å². The van der Waals surface area contributed by atoms with Crippen molar-refractivity contribution in [3.8, 4) is 0 Å². The van der Waals surface area contributed by atoms with Crippen LogP contribution < -0.4 is 0 Å². The molecule has 1 unspecified atom stereocenters. The van der Waals surface area contributed by atoms with Crippen molar-refractivity contribution in [2.75, 3.05) is 33.7 Å². The minimum atomic E-state index is -0.699. The van der Waals surface area contributed by atoms with Gasteiger partial charge in [0.25, 0.3) is 5.91 Å². The predicted molar refractivity (Wildman–Crippen MR) is 89.8 cm³/mol. The summed E-state index contributed by atoms with van der Waals surface area (Å²) in [6.45, 7) is 2.33. The topological polar surface area (TPSA) is 23.6 Å². The molecule has 0 radical (unpaired) electrons. The number of hydrogen-bond donors (Lipinski definition) is 0. The maximum atomic E-state index is 13.5. The summed E-state index contributed by atoms with van der Waals surface area (Å²) in [6, 6.07) is 3.08.